The summed E-state index contributed by atoms with van der Waals surface area (Å²) in [6, 6.07) is 0. The number of aliphatic hydroxyl groups excluding tert-OH is 1. The molecule has 1 atom stereocenters. The Morgan fingerprint density at radius 3 is 1.69 bits per heavy atom. The molecule has 0 aliphatic carbocycles. The Balaban J connectivity index is 4.95. The molecule has 1 nitrogen and oxygen atoms in total. The van der Waals surface area contributed by atoms with Gasteiger partial charge in [0.15, 0.2) is 0 Å². The van der Waals surface area contributed by atoms with E-state index in [1.807, 2.05) is 6.92 Å². The van der Waals surface area contributed by atoms with E-state index in [4.69, 9.17) is 0 Å². The molecular weight excluding hydrogens is 509 g/mol. The van der Waals surface area contributed by atoms with Gasteiger partial charge in [-0.1, -0.05) is 0 Å². The van der Waals surface area contributed by atoms with Gasteiger partial charge in [-0.3, -0.25) is 0 Å². The minimum absolute atomic E-state index is 0.279. The van der Waals surface area contributed by atoms with Gasteiger partial charge in [-0.05, 0) is 0 Å². The fourth-order valence-corrected chi connectivity index (χ4v) is 34.3. The van der Waals surface area contributed by atoms with E-state index >= 15 is 0 Å². The normalized spacial score (nSPS) is 17.4. The van der Waals surface area contributed by atoms with Gasteiger partial charge in [0.25, 0.3) is 0 Å². The molecule has 0 spiro atoms. The number of rotatable bonds is 3. The van der Waals surface area contributed by atoms with Gasteiger partial charge in [0, 0.05) is 0 Å². The van der Waals surface area contributed by atoms with Crippen LogP contribution in [-0.2, 0) is 0 Å². The van der Waals surface area contributed by atoms with Crippen molar-refractivity contribution in [2.75, 3.05) is 0 Å². The molecule has 0 rings (SSSR count). The molecule has 0 aromatic rings. The fraction of sp³-hybridized carbons (Fsp3) is 0.750. The molecule has 0 radical (unpaired) electrons. The van der Waals surface area contributed by atoms with Crippen molar-refractivity contribution in [1.82, 2.24) is 0 Å². The standard InChI is InChI=1S/C4H6O.4CH3.2BrH.2Sn/c1-3-4(2)5;;;;;;;;/h1,4-5H,2H3;4*1H3;2*1H;;/q;;;;;;;2*+1/p-2. The van der Waals surface area contributed by atoms with Crippen LogP contribution in [0.3, 0.4) is 0 Å². The molecule has 0 fully saturated rings. The summed E-state index contributed by atoms with van der Waals surface area (Å²) in [6.07, 6.45) is -0.279. The van der Waals surface area contributed by atoms with Gasteiger partial charge < -0.3 is 0 Å². The molecule has 0 aliphatic rings. The number of halogens is 2. The van der Waals surface area contributed by atoms with Crippen molar-refractivity contribution < 1.29 is 5.11 Å². The Morgan fingerprint density at radius 1 is 1.23 bits per heavy atom. The second kappa shape index (κ2) is 5.55. The minimum atomic E-state index is -2.23. The van der Waals surface area contributed by atoms with Crippen LogP contribution in [0.2, 0.25) is 19.8 Å². The predicted molar refractivity (Wildman–Crippen MR) is 72.6 cm³/mol. The SMILES string of the molecule is CC(O)/[C](=[CH]/[Sn]([CH3])([CH3])[Br])[Sn]([CH3])([CH3])[Br]. The number of hydrogen-bond donors (Lipinski definition) is 1. The molecule has 0 aliphatic heterocycles. The second-order valence-corrected chi connectivity index (χ2v) is 51.1. The molecule has 5 heteroatoms. The van der Waals surface area contributed by atoms with Crippen molar-refractivity contribution in [2.45, 2.75) is 32.8 Å². The Hall–Kier alpha value is 2.26. The number of aliphatic hydroxyl groups is 1. The van der Waals surface area contributed by atoms with Gasteiger partial charge in [0.2, 0.25) is 0 Å². The maximum atomic E-state index is 9.68. The molecule has 1 unspecified atom stereocenters. The molecule has 13 heavy (non-hydrogen) atoms. The Labute approximate surface area is 102 Å². The van der Waals surface area contributed by atoms with Crippen LogP contribution < -0.4 is 0 Å². The Morgan fingerprint density at radius 2 is 1.62 bits per heavy atom. The topological polar surface area (TPSA) is 20.2 Å². The van der Waals surface area contributed by atoms with Gasteiger partial charge >= 0.3 is 103 Å². The summed E-state index contributed by atoms with van der Waals surface area (Å²) in [5.41, 5.74) is 0. The van der Waals surface area contributed by atoms with E-state index in [9.17, 15) is 5.11 Å². The zero-order chi connectivity index (χ0) is 10.9. The first-order valence-electron chi connectivity index (χ1n) is 4.33. The average molecular weight is 527 g/mol. The second-order valence-electron chi connectivity index (χ2n) is 4.31. The monoisotopic (exact) mass is 528 g/mol. The van der Waals surface area contributed by atoms with Crippen molar-refractivity contribution in [2.24, 2.45) is 0 Å². The fourth-order valence-electron chi connectivity index (χ4n) is 1.16. The van der Waals surface area contributed by atoms with Crippen molar-refractivity contribution >= 4 is 57.7 Å². The molecule has 0 aromatic heterocycles. The zero-order valence-corrected chi connectivity index (χ0v) is 17.7. The third kappa shape index (κ3) is 7.19. The third-order valence-electron chi connectivity index (χ3n) is 1.64. The van der Waals surface area contributed by atoms with Crippen LogP contribution in [-0.4, -0.2) is 43.5 Å². The van der Waals surface area contributed by atoms with Gasteiger partial charge in [-0.15, -0.1) is 0 Å². The van der Waals surface area contributed by atoms with E-state index in [0.29, 0.717) is 0 Å². The molecular formula is C8H18Br2OSn2. The molecule has 0 saturated heterocycles. The van der Waals surface area contributed by atoms with Crippen LogP contribution in [0, 0.1) is 0 Å². The molecule has 1 N–H and O–H groups in total. The number of hydrogen-bond acceptors (Lipinski definition) is 1. The first-order chi connectivity index (χ1) is 5.54. The van der Waals surface area contributed by atoms with Crippen LogP contribution in [0.15, 0.2) is 7.68 Å². The van der Waals surface area contributed by atoms with E-state index in [2.05, 4.69) is 49.3 Å². The Bertz CT molecular complexity index is 201. The van der Waals surface area contributed by atoms with E-state index in [1.165, 1.54) is 3.59 Å². The van der Waals surface area contributed by atoms with Crippen LogP contribution in [0.1, 0.15) is 6.92 Å². The summed E-state index contributed by atoms with van der Waals surface area (Å²) in [5, 5.41) is 9.68. The van der Waals surface area contributed by atoms with E-state index in [1.54, 1.807) is 0 Å². The van der Waals surface area contributed by atoms with Crippen LogP contribution in [0.4, 0.5) is 0 Å². The van der Waals surface area contributed by atoms with E-state index < -0.39 is 32.3 Å². The summed E-state index contributed by atoms with van der Waals surface area (Å²) in [4.78, 5) is 9.14. The van der Waals surface area contributed by atoms with Crippen LogP contribution in [0.5, 0.6) is 0 Å². The first-order valence-corrected chi connectivity index (χ1v) is 31.6. The molecule has 0 amide bonds. The van der Waals surface area contributed by atoms with Crippen LogP contribution in [0.25, 0.3) is 0 Å². The molecule has 0 bridgehead atoms. The summed E-state index contributed by atoms with van der Waals surface area (Å²) in [5.74, 6) is 0. The summed E-state index contributed by atoms with van der Waals surface area (Å²) >= 11 is 3.26. The quantitative estimate of drug-likeness (QED) is 0.557. The zero-order valence-electron chi connectivity index (χ0n) is 8.86. The predicted octanol–water partition coefficient (Wildman–Crippen LogP) is 3.57. The Kier molecular flexibility index (Phi) is 6.51. The van der Waals surface area contributed by atoms with Gasteiger partial charge in [0.05, 0.1) is 0 Å². The van der Waals surface area contributed by atoms with Gasteiger partial charge in [0.1, 0.15) is 0 Å². The van der Waals surface area contributed by atoms with E-state index in [-0.39, 0.29) is 6.10 Å². The molecule has 0 saturated carbocycles. The molecule has 0 heterocycles. The summed E-state index contributed by atoms with van der Waals surface area (Å²) < 4.78 is 3.65. The van der Waals surface area contributed by atoms with Gasteiger partial charge in [-0.2, -0.15) is 0 Å². The van der Waals surface area contributed by atoms with Crippen molar-refractivity contribution in [3.63, 3.8) is 0 Å². The van der Waals surface area contributed by atoms with E-state index in [0.717, 1.165) is 0 Å². The van der Waals surface area contributed by atoms with Crippen molar-refractivity contribution in [1.29, 1.82) is 0 Å². The molecule has 78 valence electrons. The van der Waals surface area contributed by atoms with Crippen molar-refractivity contribution in [3.8, 4) is 0 Å². The van der Waals surface area contributed by atoms with Gasteiger partial charge in [-0.25, -0.2) is 0 Å². The summed E-state index contributed by atoms with van der Waals surface area (Å²) in [7, 11) is 0. The van der Waals surface area contributed by atoms with Crippen LogP contribution >= 0.6 is 25.4 Å². The first kappa shape index (κ1) is 15.3. The average Bonchev–Trinajstić information content (AvgIpc) is 1.77. The maximum absolute atomic E-state index is 9.68. The summed E-state index contributed by atoms with van der Waals surface area (Å²) in [6.45, 7) is 1.87. The molecule has 0 aromatic carbocycles. The third-order valence-corrected chi connectivity index (χ3v) is 17.0. The van der Waals surface area contributed by atoms with Crippen molar-refractivity contribution in [3.05, 3.63) is 7.68 Å².